The molecule has 3 heterocycles. The molecule has 0 aliphatic carbocycles. The van der Waals surface area contributed by atoms with Gasteiger partial charge in [0.25, 0.3) is 0 Å². The van der Waals surface area contributed by atoms with Crippen LogP contribution in [0.15, 0.2) is 54.9 Å². The molecule has 1 amide bonds. The number of benzene rings is 2. The van der Waals surface area contributed by atoms with Gasteiger partial charge in [-0.1, -0.05) is 42.5 Å². The van der Waals surface area contributed by atoms with Crippen molar-refractivity contribution >= 4 is 50.6 Å². The zero-order valence-electron chi connectivity index (χ0n) is 20.6. The molecule has 194 valence electrons. The standard InChI is InChI=1S/C28H25ClFN5O2S/c1-2-26(36)34-21-11-19(31-14-21)6-8-22-13-24-27(38-22)28(33-16-32-24)35-20-7-9-25(23(29)12-20)37-15-17-4-3-5-18(30)10-17/h3-5,7,9-10,12-13,16,19,21,31H,2,11,14-15H2,1H3,(H,34,36)(H,32,33,35)/t19-,21-/m1/s1. The molecule has 5 rings (SSSR count). The Morgan fingerprint density at radius 3 is 2.97 bits per heavy atom. The summed E-state index contributed by atoms with van der Waals surface area (Å²) in [5.74, 6) is 7.41. The Hall–Kier alpha value is -3.71. The summed E-state index contributed by atoms with van der Waals surface area (Å²) < 4.78 is 20.0. The predicted octanol–water partition coefficient (Wildman–Crippen LogP) is 5.41. The number of anilines is 2. The van der Waals surface area contributed by atoms with E-state index in [9.17, 15) is 9.18 Å². The third-order valence-electron chi connectivity index (χ3n) is 5.98. The summed E-state index contributed by atoms with van der Waals surface area (Å²) in [6, 6.07) is 13.7. The average molecular weight is 550 g/mol. The van der Waals surface area contributed by atoms with E-state index in [-0.39, 0.29) is 30.4 Å². The fourth-order valence-corrected chi connectivity index (χ4v) is 5.22. The van der Waals surface area contributed by atoms with E-state index in [0.29, 0.717) is 29.6 Å². The monoisotopic (exact) mass is 549 g/mol. The molecule has 0 unspecified atom stereocenters. The Morgan fingerprint density at radius 2 is 2.16 bits per heavy atom. The third-order valence-corrected chi connectivity index (χ3v) is 7.32. The Labute approximate surface area is 228 Å². The molecule has 10 heteroatoms. The molecule has 2 aromatic carbocycles. The van der Waals surface area contributed by atoms with Crippen LogP contribution in [0.2, 0.25) is 5.02 Å². The molecule has 4 aromatic rings. The molecule has 0 bridgehead atoms. The normalized spacial score (nSPS) is 16.6. The lowest BCUT2D eigenvalue weighted by molar-refractivity contribution is -0.121. The van der Waals surface area contributed by atoms with Crippen LogP contribution in [0.1, 0.15) is 30.2 Å². The predicted molar refractivity (Wildman–Crippen MR) is 148 cm³/mol. The van der Waals surface area contributed by atoms with Crippen LogP contribution in [0.3, 0.4) is 0 Å². The fourth-order valence-electron chi connectivity index (χ4n) is 4.07. The minimum atomic E-state index is -0.308. The Kier molecular flexibility index (Phi) is 8.03. The minimum absolute atomic E-state index is 0.0230. The lowest BCUT2D eigenvalue weighted by atomic mass is 10.1. The lowest BCUT2D eigenvalue weighted by Gasteiger charge is -2.11. The second kappa shape index (κ2) is 11.8. The number of ether oxygens (including phenoxy) is 1. The average Bonchev–Trinajstić information content (AvgIpc) is 3.54. The number of fused-ring (bicyclic) bond motifs is 1. The number of nitrogens with zero attached hydrogens (tertiary/aromatic N) is 2. The molecule has 7 nitrogen and oxygen atoms in total. The fraction of sp³-hybridized carbons (Fsp3) is 0.250. The van der Waals surface area contributed by atoms with Crippen molar-refractivity contribution in [1.29, 1.82) is 0 Å². The zero-order chi connectivity index (χ0) is 26.5. The van der Waals surface area contributed by atoms with Crippen LogP contribution in [-0.4, -0.2) is 34.5 Å². The summed E-state index contributed by atoms with van der Waals surface area (Å²) in [5.41, 5.74) is 2.25. The van der Waals surface area contributed by atoms with Gasteiger partial charge in [0.1, 0.15) is 24.5 Å². The summed E-state index contributed by atoms with van der Waals surface area (Å²) in [5, 5.41) is 10.1. The molecular weight excluding hydrogens is 525 g/mol. The van der Waals surface area contributed by atoms with Gasteiger partial charge in [-0.25, -0.2) is 14.4 Å². The van der Waals surface area contributed by atoms with Crippen molar-refractivity contribution in [3.63, 3.8) is 0 Å². The molecule has 3 N–H and O–H groups in total. The van der Waals surface area contributed by atoms with Crippen molar-refractivity contribution < 1.29 is 13.9 Å². The van der Waals surface area contributed by atoms with Crippen molar-refractivity contribution in [3.8, 4) is 17.6 Å². The number of hydrogen-bond donors (Lipinski definition) is 3. The molecule has 38 heavy (non-hydrogen) atoms. The van der Waals surface area contributed by atoms with Crippen LogP contribution < -0.4 is 20.7 Å². The van der Waals surface area contributed by atoms with E-state index in [4.69, 9.17) is 16.3 Å². The highest BCUT2D eigenvalue weighted by Gasteiger charge is 2.23. The number of amides is 1. The molecule has 0 spiro atoms. The number of carbonyl (C=O) groups is 1. The maximum Gasteiger partial charge on any atom is 0.219 e. The third kappa shape index (κ3) is 6.40. The van der Waals surface area contributed by atoms with Gasteiger partial charge in [0.15, 0.2) is 5.82 Å². The summed E-state index contributed by atoms with van der Waals surface area (Å²) in [6.07, 6.45) is 2.76. The van der Waals surface area contributed by atoms with Crippen LogP contribution in [0.5, 0.6) is 5.75 Å². The molecule has 1 aliphatic rings. The number of halogens is 2. The minimum Gasteiger partial charge on any atom is -0.487 e. The summed E-state index contributed by atoms with van der Waals surface area (Å²) in [4.78, 5) is 21.3. The van der Waals surface area contributed by atoms with Crippen molar-refractivity contribution in [3.05, 3.63) is 76.1 Å². The summed E-state index contributed by atoms with van der Waals surface area (Å²) in [6.45, 7) is 2.77. The highest BCUT2D eigenvalue weighted by atomic mass is 35.5. The SMILES string of the molecule is CCC(=O)N[C@H]1CN[C@H](C#Cc2cc3ncnc(Nc4ccc(OCc5cccc(F)c5)c(Cl)c4)c3s2)C1. The molecule has 2 atom stereocenters. The van der Waals surface area contributed by atoms with Crippen molar-refractivity contribution in [2.45, 2.75) is 38.5 Å². The molecule has 1 aliphatic heterocycles. The van der Waals surface area contributed by atoms with Crippen LogP contribution in [0, 0.1) is 17.7 Å². The Morgan fingerprint density at radius 1 is 1.26 bits per heavy atom. The van der Waals surface area contributed by atoms with E-state index >= 15 is 0 Å². The second-order valence-electron chi connectivity index (χ2n) is 8.82. The van der Waals surface area contributed by atoms with Gasteiger partial charge in [-0.15, -0.1) is 11.3 Å². The van der Waals surface area contributed by atoms with E-state index in [1.165, 1.54) is 29.8 Å². The van der Waals surface area contributed by atoms with Gasteiger partial charge >= 0.3 is 0 Å². The van der Waals surface area contributed by atoms with Crippen LogP contribution >= 0.6 is 22.9 Å². The van der Waals surface area contributed by atoms with Gasteiger partial charge < -0.3 is 20.7 Å². The molecule has 0 radical (unpaired) electrons. The maximum atomic E-state index is 13.4. The van der Waals surface area contributed by atoms with Gasteiger partial charge in [-0.3, -0.25) is 4.79 Å². The van der Waals surface area contributed by atoms with Crippen LogP contribution in [0.25, 0.3) is 10.2 Å². The van der Waals surface area contributed by atoms with Gasteiger partial charge in [0.05, 0.1) is 26.2 Å². The van der Waals surface area contributed by atoms with Crippen molar-refractivity contribution in [2.24, 2.45) is 0 Å². The lowest BCUT2D eigenvalue weighted by Crippen LogP contribution is -2.35. The van der Waals surface area contributed by atoms with Gasteiger partial charge in [-0.2, -0.15) is 0 Å². The quantitative estimate of drug-likeness (QED) is 0.267. The Bertz CT molecular complexity index is 1530. The van der Waals surface area contributed by atoms with Gasteiger partial charge in [0.2, 0.25) is 5.91 Å². The first kappa shape index (κ1) is 25.9. The first-order chi connectivity index (χ1) is 18.5. The van der Waals surface area contributed by atoms with E-state index in [0.717, 1.165) is 32.8 Å². The maximum absolute atomic E-state index is 13.4. The van der Waals surface area contributed by atoms with E-state index < -0.39 is 0 Å². The van der Waals surface area contributed by atoms with Gasteiger partial charge in [-0.05, 0) is 48.4 Å². The summed E-state index contributed by atoms with van der Waals surface area (Å²) in [7, 11) is 0. The first-order valence-electron chi connectivity index (χ1n) is 12.2. The topological polar surface area (TPSA) is 88.2 Å². The number of hydrogen-bond acceptors (Lipinski definition) is 7. The highest BCUT2D eigenvalue weighted by Crippen LogP contribution is 2.33. The zero-order valence-corrected chi connectivity index (χ0v) is 22.1. The molecular formula is C28H25ClFN5O2S. The van der Waals surface area contributed by atoms with Crippen LogP contribution in [0.4, 0.5) is 15.9 Å². The number of rotatable bonds is 7. The largest absolute Gasteiger partial charge is 0.487 e. The molecule has 1 saturated heterocycles. The van der Waals surface area contributed by atoms with Crippen molar-refractivity contribution in [1.82, 2.24) is 20.6 Å². The smallest absolute Gasteiger partial charge is 0.219 e. The highest BCUT2D eigenvalue weighted by molar-refractivity contribution is 7.20. The first-order valence-corrected chi connectivity index (χ1v) is 13.4. The number of aromatic nitrogens is 2. The van der Waals surface area contributed by atoms with E-state index in [1.807, 2.05) is 19.1 Å². The number of thiophene rings is 1. The van der Waals surface area contributed by atoms with E-state index in [1.54, 1.807) is 24.3 Å². The molecule has 1 fully saturated rings. The van der Waals surface area contributed by atoms with Crippen LogP contribution in [-0.2, 0) is 11.4 Å². The number of nitrogens with one attached hydrogen (secondary N) is 3. The second-order valence-corrected chi connectivity index (χ2v) is 10.3. The Balaban J connectivity index is 1.25. The molecule has 0 saturated carbocycles. The molecule has 2 aromatic heterocycles. The number of carbonyl (C=O) groups excluding carboxylic acids is 1. The van der Waals surface area contributed by atoms with E-state index in [2.05, 4.69) is 37.8 Å². The summed E-state index contributed by atoms with van der Waals surface area (Å²) >= 11 is 7.96. The van der Waals surface area contributed by atoms with Gasteiger partial charge in [0, 0.05) is 24.7 Å². The van der Waals surface area contributed by atoms with Crippen molar-refractivity contribution in [2.75, 3.05) is 11.9 Å².